The van der Waals surface area contributed by atoms with E-state index in [9.17, 15) is 13.2 Å². The van der Waals surface area contributed by atoms with Crippen LogP contribution in [0.2, 0.25) is 0 Å². The molecule has 0 aliphatic rings. The van der Waals surface area contributed by atoms with Crippen LogP contribution in [0.5, 0.6) is 0 Å². The number of halogens is 4. The van der Waals surface area contributed by atoms with E-state index in [1.165, 1.54) is 17.7 Å². The summed E-state index contributed by atoms with van der Waals surface area (Å²) in [4.78, 5) is 6.53. The van der Waals surface area contributed by atoms with Crippen LogP contribution in [0.3, 0.4) is 0 Å². The molecule has 1 aromatic carbocycles. The molecule has 2 rings (SSSR count). The van der Waals surface area contributed by atoms with Gasteiger partial charge in [-0.15, -0.1) is 24.0 Å². The maximum Gasteiger partial charge on any atom is 0.416 e. The second kappa shape index (κ2) is 11.3. The molecule has 156 valence electrons. The minimum Gasteiger partial charge on any atom is -0.357 e. The highest BCUT2D eigenvalue weighted by molar-refractivity contribution is 14.0. The van der Waals surface area contributed by atoms with Crippen molar-refractivity contribution < 1.29 is 13.2 Å². The van der Waals surface area contributed by atoms with Crippen molar-refractivity contribution in [3.05, 3.63) is 53.3 Å². The zero-order valence-electron chi connectivity index (χ0n) is 16.3. The smallest absolute Gasteiger partial charge is 0.357 e. The molecule has 0 saturated heterocycles. The summed E-state index contributed by atoms with van der Waals surface area (Å²) in [5.41, 5.74) is 1.34. The van der Waals surface area contributed by atoms with Crippen molar-refractivity contribution in [3.63, 3.8) is 0 Å². The van der Waals surface area contributed by atoms with E-state index in [2.05, 4.69) is 15.4 Å². The van der Waals surface area contributed by atoms with Crippen LogP contribution >= 0.6 is 24.0 Å². The third-order valence-electron chi connectivity index (χ3n) is 4.04. The lowest BCUT2D eigenvalue weighted by Crippen LogP contribution is -2.38. The molecule has 5 nitrogen and oxygen atoms in total. The molecule has 28 heavy (non-hydrogen) atoms. The molecular formula is C19H27F3IN5. The maximum absolute atomic E-state index is 12.7. The molecule has 0 saturated carbocycles. The Bertz CT molecular complexity index is 741. The Kier molecular flexibility index (Phi) is 9.77. The first-order chi connectivity index (χ1) is 12.8. The van der Waals surface area contributed by atoms with E-state index < -0.39 is 11.7 Å². The zero-order chi connectivity index (χ0) is 19.9. The number of hydrogen-bond acceptors (Lipinski definition) is 2. The normalized spacial score (nSPS) is 11.9. The Morgan fingerprint density at radius 2 is 1.89 bits per heavy atom. The van der Waals surface area contributed by atoms with E-state index in [4.69, 9.17) is 0 Å². The fourth-order valence-electron chi connectivity index (χ4n) is 2.69. The summed E-state index contributed by atoms with van der Waals surface area (Å²) in [7, 11) is 3.77. The van der Waals surface area contributed by atoms with Crippen LogP contribution in [-0.4, -0.2) is 40.8 Å². The third-order valence-corrected chi connectivity index (χ3v) is 4.04. The fourth-order valence-corrected chi connectivity index (χ4v) is 2.69. The van der Waals surface area contributed by atoms with Crippen molar-refractivity contribution in [3.8, 4) is 0 Å². The van der Waals surface area contributed by atoms with Gasteiger partial charge in [-0.05, 0) is 43.0 Å². The molecule has 1 heterocycles. The number of aliphatic imine (C=N–C) groups is 1. The van der Waals surface area contributed by atoms with Gasteiger partial charge >= 0.3 is 6.18 Å². The van der Waals surface area contributed by atoms with Gasteiger partial charge in [0, 0.05) is 39.9 Å². The highest BCUT2D eigenvalue weighted by Crippen LogP contribution is 2.29. The van der Waals surface area contributed by atoms with Crippen LogP contribution in [0.1, 0.15) is 30.0 Å². The van der Waals surface area contributed by atoms with E-state index in [0.717, 1.165) is 43.0 Å². The average Bonchev–Trinajstić information content (AvgIpc) is 3.02. The standard InChI is InChI=1S/C19H26F3N5.HI/c1-4-23-18(24-11-5-6-16-12-25-27(3)14-16)26(2)13-15-7-9-17(10-8-15)19(20,21)22;/h7-10,12,14H,4-6,11,13H2,1-3H3,(H,23,24);1H. The fraction of sp³-hybridized carbons (Fsp3) is 0.474. The van der Waals surface area contributed by atoms with E-state index in [1.807, 2.05) is 38.3 Å². The van der Waals surface area contributed by atoms with Crippen molar-refractivity contribution in [2.45, 2.75) is 32.5 Å². The summed E-state index contributed by atoms with van der Waals surface area (Å²) in [6.45, 7) is 3.84. The predicted molar refractivity (Wildman–Crippen MR) is 116 cm³/mol. The van der Waals surface area contributed by atoms with Gasteiger partial charge in [0.1, 0.15) is 0 Å². The SMILES string of the molecule is CCNC(=NCCCc1cnn(C)c1)N(C)Cc1ccc(C(F)(F)F)cc1.I. The molecule has 0 aliphatic carbocycles. The van der Waals surface area contributed by atoms with Gasteiger partial charge in [-0.25, -0.2) is 0 Å². The lowest BCUT2D eigenvalue weighted by molar-refractivity contribution is -0.137. The van der Waals surface area contributed by atoms with Crippen LogP contribution in [0.4, 0.5) is 13.2 Å². The van der Waals surface area contributed by atoms with Crippen molar-refractivity contribution in [2.75, 3.05) is 20.1 Å². The molecule has 0 amide bonds. The van der Waals surface area contributed by atoms with Crippen molar-refractivity contribution in [1.29, 1.82) is 0 Å². The zero-order valence-corrected chi connectivity index (χ0v) is 18.7. The number of nitrogens with zero attached hydrogens (tertiary/aromatic N) is 4. The van der Waals surface area contributed by atoms with Gasteiger partial charge in [0.2, 0.25) is 0 Å². The predicted octanol–water partition coefficient (Wildman–Crippen LogP) is 4.09. The number of alkyl halides is 3. The molecule has 1 aromatic heterocycles. The summed E-state index contributed by atoms with van der Waals surface area (Å²) >= 11 is 0. The molecule has 0 radical (unpaired) electrons. The minimum atomic E-state index is -4.31. The van der Waals surface area contributed by atoms with E-state index in [-0.39, 0.29) is 24.0 Å². The van der Waals surface area contributed by atoms with E-state index >= 15 is 0 Å². The Morgan fingerprint density at radius 3 is 2.43 bits per heavy atom. The second-order valence-electron chi connectivity index (χ2n) is 6.41. The van der Waals surface area contributed by atoms with Gasteiger partial charge in [0.15, 0.2) is 5.96 Å². The minimum absolute atomic E-state index is 0. The quantitative estimate of drug-likeness (QED) is 0.265. The van der Waals surface area contributed by atoms with Crippen LogP contribution in [0.15, 0.2) is 41.7 Å². The van der Waals surface area contributed by atoms with Gasteiger partial charge < -0.3 is 10.2 Å². The van der Waals surface area contributed by atoms with Gasteiger partial charge in [-0.3, -0.25) is 9.67 Å². The molecule has 0 aliphatic heterocycles. The van der Waals surface area contributed by atoms with Crippen LogP contribution in [0.25, 0.3) is 0 Å². The van der Waals surface area contributed by atoms with Crippen molar-refractivity contribution in [2.24, 2.45) is 12.0 Å². The average molecular weight is 509 g/mol. The molecule has 0 atom stereocenters. The van der Waals surface area contributed by atoms with Crippen molar-refractivity contribution in [1.82, 2.24) is 20.0 Å². The number of nitrogens with one attached hydrogen (secondary N) is 1. The largest absolute Gasteiger partial charge is 0.416 e. The molecule has 0 bridgehead atoms. The summed E-state index contributed by atoms with van der Waals surface area (Å²) in [5.74, 6) is 0.739. The molecule has 0 unspecified atom stereocenters. The Labute approximate surface area is 181 Å². The highest BCUT2D eigenvalue weighted by atomic mass is 127. The van der Waals surface area contributed by atoms with E-state index in [0.29, 0.717) is 13.1 Å². The Morgan fingerprint density at radius 1 is 1.21 bits per heavy atom. The monoisotopic (exact) mass is 509 g/mol. The third kappa shape index (κ3) is 7.69. The van der Waals surface area contributed by atoms with E-state index in [1.54, 1.807) is 4.68 Å². The van der Waals surface area contributed by atoms with Gasteiger partial charge in [-0.2, -0.15) is 18.3 Å². The molecule has 2 aromatic rings. The van der Waals surface area contributed by atoms with Crippen LogP contribution in [0, 0.1) is 0 Å². The highest BCUT2D eigenvalue weighted by Gasteiger charge is 2.29. The number of guanidine groups is 1. The molecule has 1 N–H and O–H groups in total. The summed E-state index contributed by atoms with van der Waals surface area (Å²) in [6, 6.07) is 5.23. The van der Waals surface area contributed by atoms with Crippen LogP contribution < -0.4 is 5.32 Å². The lowest BCUT2D eigenvalue weighted by atomic mass is 10.1. The summed E-state index contributed by atoms with van der Waals surface area (Å²) in [6.07, 6.45) is 1.33. The number of aromatic nitrogens is 2. The number of benzene rings is 1. The lowest BCUT2D eigenvalue weighted by Gasteiger charge is -2.22. The van der Waals surface area contributed by atoms with Crippen molar-refractivity contribution >= 4 is 29.9 Å². The van der Waals surface area contributed by atoms with Gasteiger partial charge in [0.25, 0.3) is 0 Å². The molecule has 0 fully saturated rings. The first kappa shape index (κ1) is 24.3. The number of hydrogen-bond donors (Lipinski definition) is 1. The maximum atomic E-state index is 12.7. The topological polar surface area (TPSA) is 45.5 Å². The summed E-state index contributed by atoms with van der Waals surface area (Å²) in [5, 5.41) is 7.37. The number of aryl methyl sites for hydroxylation is 2. The first-order valence-electron chi connectivity index (χ1n) is 8.92. The van der Waals surface area contributed by atoms with Gasteiger partial charge in [0.05, 0.1) is 11.8 Å². The Hall–Kier alpha value is -1.78. The number of rotatable bonds is 7. The van der Waals surface area contributed by atoms with Crippen LogP contribution in [-0.2, 0) is 26.2 Å². The Balaban J connectivity index is 0.00000392. The van der Waals surface area contributed by atoms with Gasteiger partial charge in [-0.1, -0.05) is 12.1 Å². The molecular weight excluding hydrogens is 482 g/mol. The first-order valence-corrected chi connectivity index (χ1v) is 8.92. The molecule has 9 heteroatoms. The molecule has 0 spiro atoms. The summed E-state index contributed by atoms with van der Waals surface area (Å²) < 4.78 is 39.8. The second-order valence-corrected chi connectivity index (χ2v) is 6.41.